The Balaban J connectivity index is 3.07. The maximum absolute atomic E-state index is 10.6. The molecule has 0 aromatic heterocycles. The lowest BCUT2D eigenvalue weighted by Crippen LogP contribution is -2.07. The van der Waals surface area contributed by atoms with Gasteiger partial charge in [0.05, 0.1) is 22.8 Å². The van der Waals surface area contributed by atoms with Gasteiger partial charge in [-0.3, -0.25) is 10.1 Å². The van der Waals surface area contributed by atoms with Crippen LogP contribution in [0.4, 0.5) is 11.4 Å². The summed E-state index contributed by atoms with van der Waals surface area (Å²) in [6.45, 7) is 3.75. The fourth-order valence-electron chi connectivity index (χ4n) is 1.18. The number of hydrogen-bond donors (Lipinski definition) is 1. The quantitative estimate of drug-likeness (QED) is 0.612. The second-order valence-corrected chi connectivity index (χ2v) is 3.35. The van der Waals surface area contributed by atoms with E-state index in [0.717, 1.165) is 5.69 Å². The first-order valence-electron chi connectivity index (χ1n) is 4.67. The maximum Gasteiger partial charge on any atom is 0.273 e. The third-order valence-electron chi connectivity index (χ3n) is 1.81. The molecule has 0 aliphatic carbocycles. The normalized spacial score (nSPS) is 10.1. The van der Waals surface area contributed by atoms with E-state index in [0.29, 0.717) is 5.75 Å². The van der Waals surface area contributed by atoms with Crippen molar-refractivity contribution in [2.75, 3.05) is 12.4 Å². The zero-order valence-corrected chi connectivity index (χ0v) is 8.98. The first kappa shape index (κ1) is 11.3. The first-order valence-corrected chi connectivity index (χ1v) is 4.67. The number of ether oxygens (including phenoxy) is 1. The molecule has 0 spiro atoms. The molecule has 0 saturated carbocycles. The van der Waals surface area contributed by atoms with Gasteiger partial charge in [-0.2, -0.15) is 0 Å². The monoisotopic (exact) mass is 210 g/mol. The lowest BCUT2D eigenvalue weighted by molar-refractivity contribution is -0.384. The average Bonchev–Trinajstić information content (AvgIpc) is 2.16. The van der Waals surface area contributed by atoms with Crippen molar-refractivity contribution in [1.29, 1.82) is 0 Å². The number of anilines is 1. The summed E-state index contributed by atoms with van der Waals surface area (Å²) >= 11 is 0. The minimum atomic E-state index is -0.438. The molecule has 5 nitrogen and oxygen atoms in total. The highest BCUT2D eigenvalue weighted by Crippen LogP contribution is 2.29. The van der Waals surface area contributed by atoms with Crippen LogP contribution < -0.4 is 10.1 Å². The van der Waals surface area contributed by atoms with Crippen LogP contribution in [-0.4, -0.2) is 18.1 Å². The van der Waals surface area contributed by atoms with Gasteiger partial charge in [0.15, 0.2) is 0 Å². The van der Waals surface area contributed by atoms with Crippen molar-refractivity contribution in [2.24, 2.45) is 0 Å². The molecule has 0 saturated heterocycles. The molecule has 0 amide bonds. The molecule has 5 heteroatoms. The van der Waals surface area contributed by atoms with Crippen LogP contribution in [-0.2, 0) is 0 Å². The van der Waals surface area contributed by atoms with Crippen molar-refractivity contribution >= 4 is 11.4 Å². The summed E-state index contributed by atoms with van der Waals surface area (Å²) in [6.07, 6.45) is -0.0147. The Morgan fingerprint density at radius 2 is 2.13 bits per heavy atom. The molecule has 82 valence electrons. The fraction of sp³-hybridized carbons (Fsp3) is 0.400. The molecular weight excluding hydrogens is 196 g/mol. The van der Waals surface area contributed by atoms with E-state index in [1.807, 2.05) is 13.8 Å². The van der Waals surface area contributed by atoms with Crippen LogP contribution in [0.15, 0.2) is 18.2 Å². The number of nitro groups is 1. The number of non-ortho nitro benzene ring substituents is 1. The van der Waals surface area contributed by atoms with E-state index < -0.39 is 4.92 Å². The molecule has 1 aromatic rings. The summed E-state index contributed by atoms with van der Waals surface area (Å²) < 4.78 is 5.46. The first-order chi connectivity index (χ1) is 7.04. The van der Waals surface area contributed by atoms with Crippen molar-refractivity contribution < 1.29 is 9.66 Å². The van der Waals surface area contributed by atoms with Gasteiger partial charge in [0.1, 0.15) is 5.75 Å². The van der Waals surface area contributed by atoms with Gasteiger partial charge in [-0.05, 0) is 19.9 Å². The van der Waals surface area contributed by atoms with Crippen LogP contribution in [0.2, 0.25) is 0 Å². The third-order valence-corrected chi connectivity index (χ3v) is 1.81. The smallest absolute Gasteiger partial charge is 0.273 e. The molecule has 0 heterocycles. The topological polar surface area (TPSA) is 64.4 Å². The second-order valence-electron chi connectivity index (χ2n) is 3.35. The highest BCUT2D eigenvalue weighted by molar-refractivity contribution is 5.60. The van der Waals surface area contributed by atoms with Crippen molar-refractivity contribution in [2.45, 2.75) is 20.0 Å². The van der Waals surface area contributed by atoms with Crippen LogP contribution in [0.3, 0.4) is 0 Å². The number of rotatable bonds is 4. The minimum Gasteiger partial charge on any atom is -0.489 e. The van der Waals surface area contributed by atoms with E-state index in [4.69, 9.17) is 4.74 Å². The zero-order valence-electron chi connectivity index (χ0n) is 8.98. The van der Waals surface area contributed by atoms with Crippen molar-refractivity contribution in [1.82, 2.24) is 0 Å². The van der Waals surface area contributed by atoms with Gasteiger partial charge in [0.25, 0.3) is 5.69 Å². The van der Waals surface area contributed by atoms with E-state index in [2.05, 4.69) is 5.32 Å². The molecule has 0 atom stereocenters. The summed E-state index contributed by atoms with van der Waals surface area (Å²) in [5.74, 6) is 0.502. The van der Waals surface area contributed by atoms with Crippen LogP contribution in [0.1, 0.15) is 13.8 Å². The Bertz CT molecular complexity index is 364. The molecule has 0 unspecified atom stereocenters. The molecule has 1 rings (SSSR count). The Hall–Kier alpha value is -1.78. The molecular formula is C10H14N2O3. The summed E-state index contributed by atoms with van der Waals surface area (Å²) in [5, 5.41) is 13.5. The lowest BCUT2D eigenvalue weighted by Gasteiger charge is -2.13. The summed E-state index contributed by atoms with van der Waals surface area (Å²) in [6, 6.07) is 4.50. The van der Waals surface area contributed by atoms with Crippen molar-refractivity contribution in [3.63, 3.8) is 0 Å². The highest BCUT2D eigenvalue weighted by Gasteiger charge is 2.11. The van der Waals surface area contributed by atoms with Gasteiger partial charge in [-0.1, -0.05) is 0 Å². The van der Waals surface area contributed by atoms with Crippen molar-refractivity contribution in [3.8, 4) is 5.75 Å². The summed E-state index contributed by atoms with van der Waals surface area (Å²) in [5.41, 5.74) is 0.777. The van der Waals surface area contributed by atoms with Gasteiger partial charge >= 0.3 is 0 Å². The molecule has 0 radical (unpaired) electrons. The van der Waals surface area contributed by atoms with Crippen LogP contribution in [0, 0.1) is 10.1 Å². The fourth-order valence-corrected chi connectivity index (χ4v) is 1.18. The molecule has 0 fully saturated rings. The predicted octanol–water partition coefficient (Wildman–Crippen LogP) is 2.42. The van der Waals surface area contributed by atoms with Crippen LogP contribution >= 0.6 is 0 Å². The molecule has 15 heavy (non-hydrogen) atoms. The molecule has 0 aliphatic rings. The lowest BCUT2D eigenvalue weighted by atomic mass is 10.2. The number of nitrogens with one attached hydrogen (secondary N) is 1. The molecule has 0 bridgehead atoms. The highest BCUT2D eigenvalue weighted by atomic mass is 16.6. The molecule has 0 aliphatic heterocycles. The predicted molar refractivity (Wildman–Crippen MR) is 58.4 cm³/mol. The number of nitro benzene ring substituents is 1. The number of nitrogens with zero attached hydrogens (tertiary/aromatic N) is 1. The zero-order chi connectivity index (χ0) is 11.4. The van der Waals surface area contributed by atoms with Gasteiger partial charge in [-0.25, -0.2) is 0 Å². The standard InChI is InChI=1S/C10H14N2O3/c1-7(2)15-10-6-8(12(13)14)4-5-9(10)11-3/h4-7,11H,1-3H3. The number of hydrogen-bond acceptors (Lipinski definition) is 4. The maximum atomic E-state index is 10.6. The third kappa shape index (κ3) is 2.83. The minimum absolute atomic E-state index is 0.0147. The van der Waals surface area contributed by atoms with Gasteiger partial charge < -0.3 is 10.1 Å². The van der Waals surface area contributed by atoms with Crippen molar-refractivity contribution in [3.05, 3.63) is 28.3 Å². The van der Waals surface area contributed by atoms with E-state index >= 15 is 0 Å². The SMILES string of the molecule is CNc1ccc([N+](=O)[O-])cc1OC(C)C. The van der Waals surface area contributed by atoms with E-state index in [1.165, 1.54) is 12.1 Å². The Kier molecular flexibility index (Phi) is 3.49. The van der Waals surface area contributed by atoms with E-state index in [9.17, 15) is 10.1 Å². The van der Waals surface area contributed by atoms with Crippen LogP contribution in [0.25, 0.3) is 0 Å². The molecule has 1 N–H and O–H groups in total. The summed E-state index contributed by atoms with van der Waals surface area (Å²) in [7, 11) is 1.74. The Morgan fingerprint density at radius 1 is 1.47 bits per heavy atom. The second kappa shape index (κ2) is 4.63. The van der Waals surface area contributed by atoms with Gasteiger partial charge in [-0.15, -0.1) is 0 Å². The number of benzene rings is 1. The average molecular weight is 210 g/mol. The van der Waals surface area contributed by atoms with E-state index in [1.54, 1.807) is 13.1 Å². The van der Waals surface area contributed by atoms with Gasteiger partial charge in [0.2, 0.25) is 0 Å². The molecule has 1 aromatic carbocycles. The Morgan fingerprint density at radius 3 is 2.60 bits per heavy atom. The van der Waals surface area contributed by atoms with E-state index in [-0.39, 0.29) is 11.8 Å². The van der Waals surface area contributed by atoms with Gasteiger partial charge in [0, 0.05) is 13.1 Å². The Labute approximate surface area is 88.2 Å². The summed E-state index contributed by atoms with van der Waals surface area (Å²) in [4.78, 5) is 10.1. The van der Waals surface area contributed by atoms with Crippen LogP contribution in [0.5, 0.6) is 5.75 Å². The largest absolute Gasteiger partial charge is 0.489 e.